The van der Waals surface area contributed by atoms with E-state index < -0.39 is 40.9 Å². The van der Waals surface area contributed by atoms with Gasteiger partial charge in [-0.15, -0.1) is 0 Å². The average Bonchev–Trinajstić information content (AvgIpc) is 3.08. The molecule has 0 saturated carbocycles. The number of phenolic OH excluding ortho intramolecular Hbond substituents is 2. The van der Waals surface area contributed by atoms with E-state index >= 15 is 0 Å². The number of hydrogen-bond donors (Lipinski definition) is 6. The third-order valence-corrected chi connectivity index (χ3v) is 6.53. The van der Waals surface area contributed by atoms with Crippen LogP contribution in [0, 0.1) is 0 Å². The number of fused-ring (bicyclic) bond motifs is 2. The van der Waals surface area contributed by atoms with Crippen molar-refractivity contribution in [1.82, 2.24) is 10.2 Å². The molecule has 3 atom stereocenters. The first kappa shape index (κ1) is 23.5. The van der Waals surface area contributed by atoms with Crippen LogP contribution >= 0.6 is 0 Å². The van der Waals surface area contributed by atoms with Gasteiger partial charge in [0.05, 0.1) is 0 Å². The van der Waals surface area contributed by atoms with Gasteiger partial charge < -0.3 is 30.8 Å². The molecule has 2 amide bonds. The number of aromatic hydroxyl groups is 2. The molecular formula is C24H26N2O8. The second-order valence-electron chi connectivity index (χ2n) is 8.72. The summed E-state index contributed by atoms with van der Waals surface area (Å²) < 4.78 is 0. The number of amides is 2. The quantitative estimate of drug-likeness (QED) is 0.324. The van der Waals surface area contributed by atoms with Gasteiger partial charge in [0.15, 0.2) is 5.72 Å². The number of carboxylic acids is 1. The minimum atomic E-state index is -2.22. The molecule has 0 aromatic heterocycles. The van der Waals surface area contributed by atoms with Gasteiger partial charge in [0, 0.05) is 43.9 Å². The Hall–Kier alpha value is -3.63. The molecule has 0 bridgehead atoms. The fourth-order valence-electron chi connectivity index (χ4n) is 5.06. The summed E-state index contributed by atoms with van der Waals surface area (Å²) in [6.45, 7) is -0.00347. The Bertz CT molecular complexity index is 1140. The van der Waals surface area contributed by atoms with Gasteiger partial charge in [0.25, 0.3) is 0 Å². The summed E-state index contributed by atoms with van der Waals surface area (Å²) in [5.41, 5.74) is -3.95. The van der Waals surface area contributed by atoms with Gasteiger partial charge in [0.2, 0.25) is 11.8 Å². The molecule has 2 aliphatic heterocycles. The highest BCUT2D eigenvalue weighted by Crippen LogP contribution is 2.57. The number of rotatable bonds is 7. The number of nitrogens with one attached hydrogen (secondary N) is 1. The summed E-state index contributed by atoms with van der Waals surface area (Å²) in [6.07, 6.45) is -0.532. The number of aliphatic carboxylic acids is 1. The molecule has 4 rings (SSSR count). The van der Waals surface area contributed by atoms with Gasteiger partial charge in [-0.25, -0.2) is 0 Å². The lowest BCUT2D eigenvalue weighted by atomic mass is 9.70. The molecule has 34 heavy (non-hydrogen) atoms. The molecule has 3 unspecified atom stereocenters. The number of carbonyl (C=O) groups is 3. The SMILES string of the molecule is O=C(O)CCCNC(=O)C1c2cc(O)cc(O)c2C(O)(Cc2ccccc2)C2(O)CCC(=O)N12. The minimum Gasteiger partial charge on any atom is -0.508 e. The summed E-state index contributed by atoms with van der Waals surface area (Å²) in [6, 6.07) is 9.45. The lowest BCUT2D eigenvalue weighted by molar-refractivity contribution is -0.242. The van der Waals surface area contributed by atoms with E-state index in [4.69, 9.17) is 5.11 Å². The standard InChI is InChI=1S/C24H26N2O8/c27-15-11-16-20(17(28)12-15)23(33,13-14-5-2-1-3-6-14)24(34)9-8-18(29)26(24)21(16)22(32)25-10-4-7-19(30)31/h1-3,5-6,11-12,21,27-28,33-34H,4,7-10,13H2,(H,25,32)(H,30,31). The summed E-state index contributed by atoms with van der Waals surface area (Å²) in [5.74, 6) is -3.24. The normalized spacial score (nSPS) is 25.5. The second-order valence-corrected chi connectivity index (χ2v) is 8.72. The van der Waals surface area contributed by atoms with Crippen molar-refractivity contribution in [2.75, 3.05) is 6.54 Å². The summed E-state index contributed by atoms with van der Waals surface area (Å²) in [4.78, 5) is 37.8. The number of carboxylic acid groups (broad SMARTS) is 1. The second kappa shape index (κ2) is 8.62. The zero-order valence-corrected chi connectivity index (χ0v) is 18.3. The molecular weight excluding hydrogens is 444 g/mol. The van der Waals surface area contributed by atoms with Gasteiger partial charge in [-0.3, -0.25) is 19.3 Å². The van der Waals surface area contributed by atoms with Gasteiger partial charge in [-0.05, 0) is 23.6 Å². The molecule has 2 heterocycles. The smallest absolute Gasteiger partial charge is 0.303 e. The number of carbonyl (C=O) groups excluding carboxylic acids is 2. The Kier molecular flexibility index (Phi) is 5.96. The third-order valence-electron chi connectivity index (χ3n) is 6.53. The molecule has 10 nitrogen and oxygen atoms in total. The highest BCUT2D eigenvalue weighted by molar-refractivity contribution is 5.92. The maximum absolute atomic E-state index is 13.2. The Morgan fingerprint density at radius 1 is 1.12 bits per heavy atom. The van der Waals surface area contributed by atoms with Crippen LogP contribution in [0.5, 0.6) is 11.5 Å². The maximum Gasteiger partial charge on any atom is 0.303 e. The van der Waals surface area contributed by atoms with E-state index in [1.807, 2.05) is 0 Å². The van der Waals surface area contributed by atoms with E-state index in [2.05, 4.69) is 5.32 Å². The molecule has 10 heteroatoms. The van der Waals surface area contributed by atoms with Crippen LogP contribution in [0.3, 0.4) is 0 Å². The van der Waals surface area contributed by atoms with E-state index in [0.717, 1.165) is 11.0 Å². The van der Waals surface area contributed by atoms with E-state index in [0.29, 0.717) is 5.56 Å². The van der Waals surface area contributed by atoms with E-state index in [9.17, 15) is 34.8 Å². The van der Waals surface area contributed by atoms with Crippen LogP contribution in [-0.2, 0) is 26.4 Å². The Balaban J connectivity index is 1.84. The predicted octanol–water partition coefficient (Wildman–Crippen LogP) is 0.875. The van der Waals surface area contributed by atoms with E-state index in [-0.39, 0.29) is 55.5 Å². The largest absolute Gasteiger partial charge is 0.508 e. The lowest BCUT2D eigenvalue weighted by Gasteiger charge is -2.53. The number of phenols is 2. The first-order chi connectivity index (χ1) is 16.1. The molecule has 6 N–H and O–H groups in total. The van der Waals surface area contributed by atoms with E-state index in [1.165, 1.54) is 6.07 Å². The highest BCUT2D eigenvalue weighted by Gasteiger charge is 2.66. The molecule has 2 aromatic rings. The zero-order valence-electron chi connectivity index (χ0n) is 18.3. The zero-order chi connectivity index (χ0) is 24.7. The highest BCUT2D eigenvalue weighted by atomic mass is 16.4. The van der Waals surface area contributed by atoms with Gasteiger partial charge in [0.1, 0.15) is 23.1 Å². The number of nitrogens with zero attached hydrogens (tertiary/aromatic N) is 1. The molecule has 1 fully saturated rings. The number of aliphatic hydroxyl groups is 2. The molecule has 0 spiro atoms. The summed E-state index contributed by atoms with van der Waals surface area (Å²) in [7, 11) is 0. The molecule has 2 aliphatic rings. The fourth-order valence-corrected chi connectivity index (χ4v) is 5.06. The molecule has 1 saturated heterocycles. The molecule has 0 radical (unpaired) electrons. The minimum absolute atomic E-state index is 0.00347. The summed E-state index contributed by atoms with van der Waals surface area (Å²) in [5, 5.41) is 56.1. The van der Waals surface area contributed by atoms with Crippen molar-refractivity contribution in [3.8, 4) is 11.5 Å². The van der Waals surface area contributed by atoms with Crippen molar-refractivity contribution >= 4 is 17.8 Å². The monoisotopic (exact) mass is 470 g/mol. The van der Waals surface area contributed by atoms with Gasteiger partial charge in [-0.2, -0.15) is 0 Å². The van der Waals surface area contributed by atoms with Crippen LogP contribution in [0.25, 0.3) is 0 Å². The van der Waals surface area contributed by atoms with Crippen LogP contribution in [0.2, 0.25) is 0 Å². The van der Waals surface area contributed by atoms with E-state index in [1.54, 1.807) is 30.3 Å². The van der Waals surface area contributed by atoms with Crippen molar-refractivity contribution in [2.24, 2.45) is 0 Å². The fraction of sp³-hybridized carbons (Fsp3) is 0.375. The van der Waals surface area contributed by atoms with Crippen LogP contribution < -0.4 is 5.32 Å². The van der Waals surface area contributed by atoms with Crippen molar-refractivity contribution in [1.29, 1.82) is 0 Å². The first-order valence-electron chi connectivity index (χ1n) is 10.9. The molecule has 180 valence electrons. The van der Waals surface area contributed by atoms with Gasteiger partial charge in [-0.1, -0.05) is 30.3 Å². The molecule has 0 aliphatic carbocycles. The van der Waals surface area contributed by atoms with Crippen molar-refractivity contribution < 1.29 is 39.9 Å². The van der Waals surface area contributed by atoms with Crippen molar-refractivity contribution in [2.45, 2.75) is 49.5 Å². The Labute approximate surface area is 195 Å². The van der Waals surface area contributed by atoms with Crippen molar-refractivity contribution in [3.63, 3.8) is 0 Å². The van der Waals surface area contributed by atoms with Crippen LogP contribution in [0.4, 0.5) is 0 Å². The lowest BCUT2D eigenvalue weighted by Crippen LogP contribution is -2.67. The van der Waals surface area contributed by atoms with Crippen molar-refractivity contribution in [3.05, 3.63) is 59.2 Å². The van der Waals surface area contributed by atoms with Gasteiger partial charge >= 0.3 is 5.97 Å². The number of benzene rings is 2. The first-order valence-corrected chi connectivity index (χ1v) is 10.9. The molecule has 2 aromatic carbocycles. The Morgan fingerprint density at radius 3 is 2.50 bits per heavy atom. The summed E-state index contributed by atoms with van der Waals surface area (Å²) >= 11 is 0. The van der Waals surface area contributed by atoms with Crippen LogP contribution in [0.1, 0.15) is 48.4 Å². The van der Waals surface area contributed by atoms with Crippen LogP contribution in [-0.4, -0.2) is 60.5 Å². The third kappa shape index (κ3) is 3.74. The van der Waals surface area contributed by atoms with Crippen LogP contribution in [0.15, 0.2) is 42.5 Å². The predicted molar refractivity (Wildman–Crippen MR) is 117 cm³/mol. The Morgan fingerprint density at radius 2 is 1.82 bits per heavy atom. The topological polar surface area (TPSA) is 168 Å². The number of hydrogen-bond acceptors (Lipinski definition) is 7. The maximum atomic E-state index is 13.2. The average molecular weight is 470 g/mol.